The summed E-state index contributed by atoms with van der Waals surface area (Å²) in [6.45, 7) is 0.401. The molecule has 2 heterocycles. The van der Waals surface area contributed by atoms with Crippen molar-refractivity contribution in [3.63, 3.8) is 0 Å². The molecular weight excluding hydrogens is 394 g/mol. The summed E-state index contributed by atoms with van der Waals surface area (Å²) in [4.78, 5) is 16.9. The summed E-state index contributed by atoms with van der Waals surface area (Å²) in [5, 5.41) is 3.90. The number of nitrogens with zero attached hydrogens (tertiary/aromatic N) is 2. The number of halogens is 1. The van der Waals surface area contributed by atoms with Crippen LogP contribution in [0.2, 0.25) is 5.02 Å². The molecule has 0 saturated heterocycles. The van der Waals surface area contributed by atoms with Crippen molar-refractivity contribution in [1.82, 2.24) is 4.98 Å². The zero-order valence-electron chi connectivity index (χ0n) is 13.7. The number of aromatic nitrogens is 1. The quantitative estimate of drug-likeness (QED) is 0.720. The molecule has 4 rings (SSSR count). The van der Waals surface area contributed by atoms with Gasteiger partial charge >= 0.3 is 0 Å². The third-order valence-electron chi connectivity index (χ3n) is 4.17. The molecule has 1 aliphatic rings. The third kappa shape index (κ3) is 3.15. The Morgan fingerprint density at radius 1 is 1.27 bits per heavy atom. The lowest BCUT2D eigenvalue weighted by Crippen LogP contribution is -2.27. The van der Waals surface area contributed by atoms with Gasteiger partial charge in [-0.1, -0.05) is 22.9 Å². The summed E-state index contributed by atoms with van der Waals surface area (Å²) < 4.78 is 25.8. The van der Waals surface area contributed by atoms with Gasteiger partial charge in [0.1, 0.15) is 0 Å². The number of fused-ring (bicyclic) bond motifs is 2. The minimum Gasteiger partial charge on any atom is -0.298 e. The van der Waals surface area contributed by atoms with E-state index >= 15 is 0 Å². The van der Waals surface area contributed by atoms with E-state index in [0.29, 0.717) is 34.4 Å². The summed E-state index contributed by atoms with van der Waals surface area (Å²) in [5.74, 6) is -0.282. The molecule has 1 aliphatic heterocycles. The summed E-state index contributed by atoms with van der Waals surface area (Å²) in [7, 11) is -3.30. The Labute approximate surface area is 159 Å². The zero-order chi connectivity index (χ0) is 18.5. The van der Waals surface area contributed by atoms with Crippen LogP contribution in [0.1, 0.15) is 15.9 Å². The topological polar surface area (TPSA) is 79.4 Å². The number of hydrogen-bond acceptors (Lipinski definition) is 5. The third-order valence-corrected chi connectivity index (χ3v) is 6.51. The molecule has 0 aliphatic carbocycles. The van der Waals surface area contributed by atoms with Gasteiger partial charge in [0.25, 0.3) is 5.91 Å². The Balaban J connectivity index is 1.59. The molecule has 1 amide bonds. The van der Waals surface area contributed by atoms with Crippen molar-refractivity contribution in [3.8, 4) is 0 Å². The lowest BCUT2D eigenvalue weighted by atomic mass is 10.1. The molecule has 134 valence electrons. The van der Waals surface area contributed by atoms with E-state index in [2.05, 4.69) is 10.3 Å². The van der Waals surface area contributed by atoms with Crippen molar-refractivity contribution in [2.24, 2.45) is 0 Å². The second kappa shape index (κ2) is 6.22. The van der Waals surface area contributed by atoms with Crippen LogP contribution in [0.5, 0.6) is 0 Å². The molecule has 0 fully saturated rings. The first-order chi connectivity index (χ1) is 12.3. The molecule has 1 aromatic heterocycles. The number of carbonyl (C=O) groups excluding carboxylic acids is 1. The molecule has 1 N–H and O–H groups in total. The average molecular weight is 408 g/mol. The summed E-state index contributed by atoms with van der Waals surface area (Å²) in [5.41, 5.74) is 2.72. The highest BCUT2D eigenvalue weighted by molar-refractivity contribution is 7.92. The number of sulfonamides is 1. The highest BCUT2D eigenvalue weighted by Crippen LogP contribution is 2.32. The van der Waals surface area contributed by atoms with E-state index in [1.807, 2.05) is 0 Å². The number of nitrogens with one attached hydrogen (secondary N) is 1. The molecule has 6 nitrogen and oxygen atoms in total. The van der Waals surface area contributed by atoms with Crippen LogP contribution < -0.4 is 9.62 Å². The first-order valence-corrected chi connectivity index (χ1v) is 10.8. The minimum absolute atomic E-state index is 0.282. The van der Waals surface area contributed by atoms with Gasteiger partial charge in [0.2, 0.25) is 10.0 Å². The fraction of sp³-hybridized carbons (Fsp3) is 0.176. The van der Waals surface area contributed by atoms with E-state index in [4.69, 9.17) is 11.6 Å². The predicted molar refractivity (Wildman–Crippen MR) is 105 cm³/mol. The van der Waals surface area contributed by atoms with Crippen molar-refractivity contribution >= 4 is 59.9 Å². The van der Waals surface area contributed by atoms with Crippen molar-refractivity contribution in [3.05, 3.63) is 52.5 Å². The Bertz CT molecular complexity index is 1140. The number of anilines is 2. The molecule has 9 heteroatoms. The van der Waals surface area contributed by atoms with Crippen LogP contribution in [0, 0.1) is 0 Å². The van der Waals surface area contributed by atoms with Gasteiger partial charge in [0, 0.05) is 17.1 Å². The molecule has 0 atom stereocenters. The maximum Gasteiger partial charge on any atom is 0.257 e. The van der Waals surface area contributed by atoms with E-state index in [-0.39, 0.29) is 5.91 Å². The van der Waals surface area contributed by atoms with Gasteiger partial charge in [-0.15, -0.1) is 0 Å². The normalized spacial score (nSPS) is 13.8. The number of rotatable bonds is 3. The number of benzene rings is 2. The molecule has 26 heavy (non-hydrogen) atoms. The molecule has 0 saturated carbocycles. The first kappa shape index (κ1) is 17.3. The Morgan fingerprint density at radius 2 is 2.08 bits per heavy atom. The van der Waals surface area contributed by atoms with Crippen molar-refractivity contribution < 1.29 is 13.2 Å². The van der Waals surface area contributed by atoms with E-state index < -0.39 is 10.0 Å². The second-order valence-electron chi connectivity index (χ2n) is 6.01. The summed E-state index contributed by atoms with van der Waals surface area (Å²) >= 11 is 7.32. The first-order valence-electron chi connectivity index (χ1n) is 7.79. The molecule has 2 aromatic carbocycles. The fourth-order valence-corrected chi connectivity index (χ4v) is 5.07. The van der Waals surface area contributed by atoms with Crippen LogP contribution in [-0.4, -0.2) is 32.1 Å². The molecule has 0 unspecified atom stereocenters. The predicted octanol–water partition coefficient (Wildman–Crippen LogP) is 3.52. The van der Waals surface area contributed by atoms with E-state index in [0.717, 1.165) is 15.8 Å². The van der Waals surface area contributed by atoms with Crippen LogP contribution in [0.4, 0.5) is 10.8 Å². The Kier molecular flexibility index (Phi) is 4.13. The van der Waals surface area contributed by atoms with Gasteiger partial charge in [-0.2, -0.15) is 0 Å². The number of hydrogen-bond donors (Lipinski definition) is 1. The van der Waals surface area contributed by atoms with Crippen LogP contribution in [0.15, 0.2) is 36.4 Å². The van der Waals surface area contributed by atoms with Crippen LogP contribution >= 0.6 is 22.9 Å². The maximum absolute atomic E-state index is 12.5. The molecule has 0 bridgehead atoms. The van der Waals surface area contributed by atoms with Gasteiger partial charge in [-0.25, -0.2) is 13.4 Å². The van der Waals surface area contributed by atoms with E-state index in [1.54, 1.807) is 36.4 Å². The maximum atomic E-state index is 12.5. The van der Waals surface area contributed by atoms with Gasteiger partial charge < -0.3 is 0 Å². The summed E-state index contributed by atoms with van der Waals surface area (Å²) in [6.07, 6.45) is 1.77. The number of amides is 1. The fourth-order valence-electron chi connectivity index (χ4n) is 2.98. The number of thiazole rings is 1. The SMILES string of the molecule is CS(=O)(=O)N1CCc2cc(C(=O)Nc3nc4ccc(Cl)cc4s3)ccc21. The van der Waals surface area contributed by atoms with Crippen LogP contribution in [0.3, 0.4) is 0 Å². The van der Waals surface area contributed by atoms with Gasteiger partial charge in [-0.05, 0) is 48.4 Å². The lowest BCUT2D eigenvalue weighted by Gasteiger charge is -2.16. The van der Waals surface area contributed by atoms with E-state index in [9.17, 15) is 13.2 Å². The van der Waals surface area contributed by atoms with Gasteiger partial charge in [-0.3, -0.25) is 14.4 Å². The number of carbonyl (C=O) groups is 1. The molecule has 0 radical (unpaired) electrons. The van der Waals surface area contributed by atoms with Crippen molar-refractivity contribution in [2.45, 2.75) is 6.42 Å². The minimum atomic E-state index is -3.30. The lowest BCUT2D eigenvalue weighted by molar-refractivity contribution is 0.102. The van der Waals surface area contributed by atoms with Gasteiger partial charge in [0.05, 0.1) is 22.2 Å². The Morgan fingerprint density at radius 3 is 2.85 bits per heavy atom. The largest absolute Gasteiger partial charge is 0.298 e. The highest BCUT2D eigenvalue weighted by Gasteiger charge is 2.26. The standard InChI is InChI=1S/C17H14ClN3O3S2/c1-26(23,24)21-7-6-10-8-11(2-5-14(10)21)16(22)20-17-19-13-4-3-12(18)9-15(13)25-17/h2-5,8-9H,6-7H2,1H3,(H,19,20,22). The van der Waals surface area contributed by atoms with Crippen molar-refractivity contribution in [2.75, 3.05) is 22.4 Å². The van der Waals surface area contributed by atoms with Crippen LogP contribution in [0.25, 0.3) is 10.2 Å². The van der Waals surface area contributed by atoms with Gasteiger partial charge in [0.15, 0.2) is 5.13 Å². The molecular formula is C17H14ClN3O3S2. The molecule has 0 spiro atoms. The van der Waals surface area contributed by atoms with Crippen LogP contribution in [-0.2, 0) is 16.4 Å². The highest BCUT2D eigenvalue weighted by atomic mass is 35.5. The second-order valence-corrected chi connectivity index (χ2v) is 9.39. The monoisotopic (exact) mass is 407 g/mol. The zero-order valence-corrected chi connectivity index (χ0v) is 16.1. The molecule has 3 aromatic rings. The summed E-state index contributed by atoms with van der Waals surface area (Å²) in [6, 6.07) is 10.4. The van der Waals surface area contributed by atoms with Crippen molar-refractivity contribution in [1.29, 1.82) is 0 Å². The Hall–Kier alpha value is -2.16. The van der Waals surface area contributed by atoms with E-state index in [1.165, 1.54) is 21.9 Å². The average Bonchev–Trinajstić information content (AvgIpc) is 3.16. The smallest absolute Gasteiger partial charge is 0.257 e.